The predicted molar refractivity (Wildman–Crippen MR) is 47.1 cm³/mol. The third kappa shape index (κ3) is 1.89. The topological polar surface area (TPSA) is 37.3 Å². The Balaban J connectivity index is 3.19. The second kappa shape index (κ2) is 3.74. The summed E-state index contributed by atoms with van der Waals surface area (Å²) in [6, 6.07) is 2.11. The summed E-state index contributed by atoms with van der Waals surface area (Å²) in [7, 11) is 0. The minimum Gasteiger partial charge on any atom is -0.481 e. The van der Waals surface area contributed by atoms with Gasteiger partial charge in [-0.2, -0.15) is 0 Å². The Morgan fingerprint density at radius 2 is 1.79 bits per heavy atom. The van der Waals surface area contributed by atoms with Crippen LogP contribution in [0.25, 0.3) is 0 Å². The van der Waals surface area contributed by atoms with Crippen molar-refractivity contribution in [2.75, 3.05) is 0 Å². The van der Waals surface area contributed by atoms with E-state index in [-0.39, 0.29) is 11.1 Å². The second-order valence-corrected chi connectivity index (χ2v) is 3.17. The van der Waals surface area contributed by atoms with E-state index in [9.17, 15) is 13.6 Å². The van der Waals surface area contributed by atoms with Gasteiger partial charge in [0.25, 0.3) is 0 Å². The number of carboxylic acid groups (broad SMARTS) is 1. The van der Waals surface area contributed by atoms with Crippen molar-refractivity contribution in [2.24, 2.45) is 0 Å². The van der Waals surface area contributed by atoms with E-state index >= 15 is 0 Å². The quantitative estimate of drug-likeness (QED) is 0.796. The van der Waals surface area contributed by atoms with Gasteiger partial charge in [-0.1, -0.05) is 0 Å². The highest BCUT2D eigenvalue weighted by atomic mass is 19.1. The second-order valence-electron chi connectivity index (χ2n) is 3.17. The van der Waals surface area contributed by atoms with Gasteiger partial charge in [0.05, 0.1) is 5.92 Å². The Kier molecular flexibility index (Phi) is 2.84. The monoisotopic (exact) mass is 200 g/mol. The van der Waals surface area contributed by atoms with E-state index < -0.39 is 23.5 Å². The summed E-state index contributed by atoms with van der Waals surface area (Å²) in [6.07, 6.45) is 0. The normalized spacial score (nSPS) is 12.6. The van der Waals surface area contributed by atoms with Crippen LogP contribution in [-0.4, -0.2) is 11.1 Å². The van der Waals surface area contributed by atoms with Crippen molar-refractivity contribution in [3.8, 4) is 0 Å². The predicted octanol–water partition coefficient (Wildman–Crippen LogP) is 2.46. The molecule has 0 aliphatic carbocycles. The minimum absolute atomic E-state index is 0.0914. The first-order valence-corrected chi connectivity index (χ1v) is 4.12. The molecular formula is C10H10F2O2. The molecular weight excluding hydrogens is 190 g/mol. The molecule has 0 aromatic heterocycles. The third-order valence-electron chi connectivity index (χ3n) is 2.17. The summed E-state index contributed by atoms with van der Waals surface area (Å²) >= 11 is 0. The third-order valence-corrected chi connectivity index (χ3v) is 2.17. The fourth-order valence-corrected chi connectivity index (χ4v) is 1.06. The van der Waals surface area contributed by atoms with E-state index in [1.807, 2.05) is 0 Å². The van der Waals surface area contributed by atoms with Gasteiger partial charge < -0.3 is 5.11 Å². The summed E-state index contributed by atoms with van der Waals surface area (Å²) in [5.41, 5.74) is 0.0458. The van der Waals surface area contributed by atoms with Crippen LogP contribution in [-0.2, 0) is 4.79 Å². The largest absolute Gasteiger partial charge is 0.481 e. The maximum absolute atomic E-state index is 13.0. The van der Waals surface area contributed by atoms with E-state index in [1.165, 1.54) is 13.8 Å². The summed E-state index contributed by atoms with van der Waals surface area (Å²) < 4.78 is 26.1. The van der Waals surface area contributed by atoms with Gasteiger partial charge in [0.2, 0.25) is 0 Å². The van der Waals surface area contributed by atoms with E-state index in [1.54, 1.807) is 0 Å². The van der Waals surface area contributed by atoms with Gasteiger partial charge >= 0.3 is 5.97 Å². The molecule has 0 saturated heterocycles. The van der Waals surface area contributed by atoms with Crippen LogP contribution in [0.5, 0.6) is 0 Å². The molecule has 14 heavy (non-hydrogen) atoms. The molecule has 1 N–H and O–H groups in total. The zero-order chi connectivity index (χ0) is 10.9. The SMILES string of the molecule is Cc1c(F)cc(C(C)C(=O)O)cc1F. The van der Waals surface area contributed by atoms with E-state index in [4.69, 9.17) is 5.11 Å². The Labute approximate surface area is 80.2 Å². The molecule has 0 radical (unpaired) electrons. The van der Waals surface area contributed by atoms with Crippen molar-refractivity contribution in [3.05, 3.63) is 34.9 Å². The van der Waals surface area contributed by atoms with Gasteiger partial charge in [0.1, 0.15) is 11.6 Å². The molecule has 1 unspecified atom stereocenters. The van der Waals surface area contributed by atoms with Crippen molar-refractivity contribution in [2.45, 2.75) is 19.8 Å². The first kappa shape index (κ1) is 10.6. The fourth-order valence-electron chi connectivity index (χ4n) is 1.06. The van der Waals surface area contributed by atoms with E-state index in [2.05, 4.69) is 0 Å². The molecule has 0 aliphatic heterocycles. The number of halogens is 2. The average Bonchev–Trinajstić information content (AvgIpc) is 2.12. The number of carbonyl (C=O) groups is 1. The van der Waals surface area contributed by atoms with Crippen molar-refractivity contribution in [1.82, 2.24) is 0 Å². The van der Waals surface area contributed by atoms with Gasteiger partial charge in [0, 0.05) is 5.56 Å². The number of benzene rings is 1. The molecule has 76 valence electrons. The number of carboxylic acids is 1. The molecule has 0 amide bonds. The summed E-state index contributed by atoms with van der Waals surface area (Å²) in [5.74, 6) is -3.44. The molecule has 0 aliphatic rings. The standard InChI is InChI=1S/C10H10F2O2/c1-5(10(13)14)7-3-8(11)6(2)9(12)4-7/h3-5H,1-2H3,(H,13,14). The van der Waals surface area contributed by atoms with Crippen LogP contribution < -0.4 is 0 Å². The van der Waals surface area contributed by atoms with Gasteiger partial charge in [-0.15, -0.1) is 0 Å². The Morgan fingerprint density at radius 1 is 1.36 bits per heavy atom. The first-order chi connectivity index (χ1) is 6.43. The lowest BCUT2D eigenvalue weighted by molar-refractivity contribution is -0.138. The van der Waals surface area contributed by atoms with E-state index in [0.717, 1.165) is 12.1 Å². The first-order valence-electron chi connectivity index (χ1n) is 4.12. The van der Waals surface area contributed by atoms with Crippen LogP contribution >= 0.6 is 0 Å². The molecule has 0 fully saturated rings. The number of hydrogen-bond donors (Lipinski definition) is 1. The molecule has 1 rings (SSSR count). The number of aliphatic carboxylic acids is 1. The van der Waals surface area contributed by atoms with Gasteiger partial charge in [-0.25, -0.2) is 8.78 Å². The molecule has 1 aromatic rings. The van der Waals surface area contributed by atoms with E-state index in [0.29, 0.717) is 0 Å². The van der Waals surface area contributed by atoms with Gasteiger partial charge in [0.15, 0.2) is 0 Å². The maximum Gasteiger partial charge on any atom is 0.310 e. The summed E-state index contributed by atoms with van der Waals surface area (Å²) in [5, 5.41) is 8.64. The molecule has 0 saturated carbocycles. The van der Waals surface area contributed by atoms with Crippen molar-refractivity contribution >= 4 is 5.97 Å². The Morgan fingerprint density at radius 3 is 2.14 bits per heavy atom. The van der Waals surface area contributed by atoms with Gasteiger partial charge in [-0.3, -0.25) is 4.79 Å². The zero-order valence-corrected chi connectivity index (χ0v) is 7.84. The molecule has 0 heterocycles. The fraction of sp³-hybridized carbons (Fsp3) is 0.300. The van der Waals surface area contributed by atoms with Crippen LogP contribution in [0, 0.1) is 18.6 Å². The molecule has 1 aromatic carbocycles. The molecule has 2 nitrogen and oxygen atoms in total. The maximum atomic E-state index is 13.0. The molecule has 0 spiro atoms. The van der Waals surface area contributed by atoms with Crippen LogP contribution in [0.1, 0.15) is 24.0 Å². The highest BCUT2D eigenvalue weighted by Crippen LogP contribution is 2.21. The Hall–Kier alpha value is -1.45. The Bertz CT molecular complexity index is 351. The van der Waals surface area contributed by atoms with Crippen LogP contribution in [0.3, 0.4) is 0 Å². The summed E-state index contributed by atoms with van der Waals surface area (Å²) in [6.45, 7) is 2.69. The highest BCUT2D eigenvalue weighted by Gasteiger charge is 2.17. The van der Waals surface area contributed by atoms with Crippen molar-refractivity contribution < 1.29 is 18.7 Å². The zero-order valence-electron chi connectivity index (χ0n) is 7.84. The molecule has 1 atom stereocenters. The van der Waals surface area contributed by atoms with Gasteiger partial charge in [-0.05, 0) is 31.5 Å². The molecule has 4 heteroatoms. The smallest absolute Gasteiger partial charge is 0.310 e. The highest BCUT2D eigenvalue weighted by molar-refractivity contribution is 5.75. The lowest BCUT2D eigenvalue weighted by Crippen LogP contribution is -2.08. The lowest BCUT2D eigenvalue weighted by Gasteiger charge is -2.08. The lowest BCUT2D eigenvalue weighted by atomic mass is 9.99. The number of rotatable bonds is 2. The van der Waals surface area contributed by atoms with Crippen molar-refractivity contribution in [1.29, 1.82) is 0 Å². The number of hydrogen-bond acceptors (Lipinski definition) is 1. The van der Waals surface area contributed by atoms with Crippen molar-refractivity contribution in [3.63, 3.8) is 0 Å². The average molecular weight is 200 g/mol. The molecule has 0 bridgehead atoms. The van der Waals surface area contributed by atoms with Crippen LogP contribution in [0.4, 0.5) is 8.78 Å². The van der Waals surface area contributed by atoms with Crippen LogP contribution in [0.2, 0.25) is 0 Å². The summed E-state index contributed by atoms with van der Waals surface area (Å²) in [4.78, 5) is 10.6. The van der Waals surface area contributed by atoms with Crippen LogP contribution in [0.15, 0.2) is 12.1 Å². The minimum atomic E-state index is -1.10.